The van der Waals surface area contributed by atoms with Gasteiger partial charge in [-0.15, -0.1) is 0 Å². The number of ether oxygens (including phenoxy) is 2. The second kappa shape index (κ2) is 6.95. The van der Waals surface area contributed by atoms with Gasteiger partial charge in [0.1, 0.15) is 5.76 Å². The van der Waals surface area contributed by atoms with Crippen LogP contribution in [0.25, 0.3) is 0 Å². The van der Waals surface area contributed by atoms with Crippen molar-refractivity contribution >= 4 is 5.97 Å². The van der Waals surface area contributed by atoms with Gasteiger partial charge in [0.25, 0.3) is 0 Å². The zero-order chi connectivity index (χ0) is 11.0. The van der Waals surface area contributed by atoms with Gasteiger partial charge in [0, 0.05) is 0 Å². The van der Waals surface area contributed by atoms with E-state index < -0.39 is 5.97 Å². The summed E-state index contributed by atoms with van der Waals surface area (Å²) in [6, 6.07) is 0. The molecule has 0 bridgehead atoms. The highest BCUT2D eigenvalue weighted by Gasteiger charge is 2.01. The standard InChI is InChI=1S/C11H16O3/c1-5-13-11(12)8-14-10(4)7-6-9(2)3/h6-7H,2,4-5,8H2,1,3H3/b7-6-. The third-order valence-electron chi connectivity index (χ3n) is 1.23. The van der Waals surface area contributed by atoms with Crippen LogP contribution in [0.1, 0.15) is 13.8 Å². The number of carbonyl (C=O) groups excluding carboxylic acids is 1. The summed E-state index contributed by atoms with van der Waals surface area (Å²) < 4.78 is 9.68. The minimum absolute atomic E-state index is 0.104. The zero-order valence-electron chi connectivity index (χ0n) is 8.71. The topological polar surface area (TPSA) is 35.5 Å². The molecule has 0 unspecified atom stereocenters. The van der Waals surface area contributed by atoms with Crippen LogP contribution in [0.2, 0.25) is 0 Å². The molecule has 0 aliphatic heterocycles. The second-order valence-electron chi connectivity index (χ2n) is 2.74. The summed E-state index contributed by atoms with van der Waals surface area (Å²) in [6.45, 7) is 11.1. The Morgan fingerprint density at radius 2 is 1.93 bits per heavy atom. The van der Waals surface area contributed by atoms with Crippen molar-refractivity contribution in [1.82, 2.24) is 0 Å². The monoisotopic (exact) mass is 196 g/mol. The van der Waals surface area contributed by atoms with E-state index in [4.69, 9.17) is 4.74 Å². The summed E-state index contributed by atoms with van der Waals surface area (Å²) in [5, 5.41) is 0. The van der Waals surface area contributed by atoms with Gasteiger partial charge < -0.3 is 9.47 Å². The van der Waals surface area contributed by atoms with E-state index in [-0.39, 0.29) is 6.61 Å². The van der Waals surface area contributed by atoms with E-state index in [0.29, 0.717) is 12.4 Å². The predicted molar refractivity (Wildman–Crippen MR) is 55.7 cm³/mol. The molecular weight excluding hydrogens is 180 g/mol. The maximum Gasteiger partial charge on any atom is 0.344 e. The molecule has 14 heavy (non-hydrogen) atoms. The molecule has 0 saturated heterocycles. The van der Waals surface area contributed by atoms with Gasteiger partial charge in [-0.25, -0.2) is 4.79 Å². The van der Waals surface area contributed by atoms with Crippen LogP contribution in [-0.2, 0) is 14.3 Å². The van der Waals surface area contributed by atoms with E-state index >= 15 is 0 Å². The molecule has 78 valence electrons. The largest absolute Gasteiger partial charge is 0.483 e. The van der Waals surface area contributed by atoms with Crippen LogP contribution in [0, 0.1) is 0 Å². The summed E-state index contributed by atoms with van der Waals surface area (Å²) in [4.78, 5) is 10.9. The minimum Gasteiger partial charge on any atom is -0.483 e. The fourth-order valence-electron chi connectivity index (χ4n) is 0.638. The fraction of sp³-hybridized carbons (Fsp3) is 0.364. The Balaban J connectivity index is 3.74. The number of hydrogen-bond acceptors (Lipinski definition) is 3. The molecule has 0 amide bonds. The van der Waals surface area contributed by atoms with Crippen LogP contribution in [0.15, 0.2) is 36.6 Å². The zero-order valence-corrected chi connectivity index (χ0v) is 8.71. The van der Waals surface area contributed by atoms with Crippen LogP contribution >= 0.6 is 0 Å². The van der Waals surface area contributed by atoms with Gasteiger partial charge in [-0.2, -0.15) is 0 Å². The minimum atomic E-state index is -0.391. The molecule has 0 aromatic heterocycles. The molecule has 0 aromatic carbocycles. The lowest BCUT2D eigenvalue weighted by Gasteiger charge is -2.04. The first kappa shape index (κ1) is 12.5. The normalized spacial score (nSPS) is 9.86. The lowest BCUT2D eigenvalue weighted by molar-refractivity contribution is -0.146. The van der Waals surface area contributed by atoms with Crippen molar-refractivity contribution < 1.29 is 14.3 Å². The molecule has 0 aliphatic carbocycles. The third-order valence-corrected chi connectivity index (χ3v) is 1.23. The summed E-state index contributed by atoms with van der Waals surface area (Å²) in [6.07, 6.45) is 3.41. The number of allylic oxidation sites excluding steroid dienone is 3. The van der Waals surface area contributed by atoms with Crippen LogP contribution in [-0.4, -0.2) is 19.2 Å². The highest BCUT2D eigenvalue weighted by atomic mass is 16.6. The molecule has 0 aromatic rings. The molecule has 0 saturated carbocycles. The Labute approximate surface area is 84.7 Å². The van der Waals surface area contributed by atoms with Crippen molar-refractivity contribution in [2.75, 3.05) is 13.2 Å². The number of carbonyl (C=O) groups is 1. The average molecular weight is 196 g/mol. The van der Waals surface area contributed by atoms with Crippen molar-refractivity contribution in [2.45, 2.75) is 13.8 Å². The molecule has 0 radical (unpaired) electrons. The van der Waals surface area contributed by atoms with E-state index in [1.807, 2.05) is 6.92 Å². The maximum atomic E-state index is 10.9. The molecule has 0 aliphatic rings. The van der Waals surface area contributed by atoms with E-state index in [0.717, 1.165) is 5.57 Å². The number of esters is 1. The summed E-state index contributed by atoms with van der Waals surface area (Å²) in [7, 11) is 0. The Bertz CT molecular complexity index is 251. The molecule has 3 nitrogen and oxygen atoms in total. The third kappa shape index (κ3) is 7.16. The number of hydrogen-bond donors (Lipinski definition) is 0. The highest BCUT2D eigenvalue weighted by molar-refractivity contribution is 5.70. The van der Waals surface area contributed by atoms with Crippen LogP contribution in [0.5, 0.6) is 0 Å². The van der Waals surface area contributed by atoms with Gasteiger partial charge in [0.15, 0.2) is 6.61 Å². The molecule has 0 heterocycles. The summed E-state index contributed by atoms with van der Waals surface area (Å²) in [5.41, 5.74) is 0.894. The average Bonchev–Trinajstić information content (AvgIpc) is 2.12. The van der Waals surface area contributed by atoms with E-state index in [9.17, 15) is 4.79 Å². The smallest absolute Gasteiger partial charge is 0.344 e. The Morgan fingerprint density at radius 3 is 2.43 bits per heavy atom. The van der Waals surface area contributed by atoms with Crippen LogP contribution in [0.4, 0.5) is 0 Å². The Kier molecular flexibility index (Phi) is 6.20. The van der Waals surface area contributed by atoms with Gasteiger partial charge in [-0.1, -0.05) is 24.8 Å². The van der Waals surface area contributed by atoms with Gasteiger partial charge in [0.2, 0.25) is 0 Å². The first-order chi connectivity index (χ1) is 6.56. The first-order valence-electron chi connectivity index (χ1n) is 4.37. The van der Waals surface area contributed by atoms with Crippen molar-refractivity contribution in [3.8, 4) is 0 Å². The lowest BCUT2D eigenvalue weighted by atomic mass is 10.3. The maximum absolute atomic E-state index is 10.9. The fourth-order valence-corrected chi connectivity index (χ4v) is 0.638. The summed E-state index contributed by atoms with van der Waals surface area (Å²) in [5.74, 6) is 0.0263. The quantitative estimate of drug-likeness (QED) is 0.371. The van der Waals surface area contributed by atoms with Gasteiger partial charge in [-0.3, -0.25) is 0 Å². The van der Waals surface area contributed by atoms with Crippen molar-refractivity contribution in [3.05, 3.63) is 36.6 Å². The predicted octanol–water partition coefficient (Wildman–Crippen LogP) is 2.21. The molecule has 3 heteroatoms. The molecule has 0 rings (SSSR count). The second-order valence-corrected chi connectivity index (χ2v) is 2.74. The molecule has 0 N–H and O–H groups in total. The van der Waals surface area contributed by atoms with Gasteiger partial charge in [-0.05, 0) is 19.9 Å². The van der Waals surface area contributed by atoms with Gasteiger partial charge >= 0.3 is 5.97 Å². The van der Waals surface area contributed by atoms with Crippen LogP contribution in [0.3, 0.4) is 0 Å². The van der Waals surface area contributed by atoms with Crippen LogP contribution < -0.4 is 0 Å². The van der Waals surface area contributed by atoms with Crippen molar-refractivity contribution in [3.63, 3.8) is 0 Å². The first-order valence-corrected chi connectivity index (χ1v) is 4.37. The van der Waals surface area contributed by atoms with Crippen molar-refractivity contribution in [1.29, 1.82) is 0 Å². The SMILES string of the molecule is C=C(C)/C=C\C(=C)OCC(=O)OCC. The van der Waals surface area contributed by atoms with E-state index in [1.165, 1.54) is 0 Å². The Morgan fingerprint density at radius 1 is 1.29 bits per heavy atom. The Hall–Kier alpha value is -1.51. The molecule has 0 atom stereocenters. The van der Waals surface area contributed by atoms with Crippen molar-refractivity contribution in [2.24, 2.45) is 0 Å². The van der Waals surface area contributed by atoms with E-state index in [2.05, 4.69) is 17.9 Å². The van der Waals surface area contributed by atoms with E-state index in [1.54, 1.807) is 19.1 Å². The number of rotatable bonds is 6. The molecule has 0 fully saturated rings. The lowest BCUT2D eigenvalue weighted by Crippen LogP contribution is -2.11. The molecular formula is C11H16O3. The van der Waals surface area contributed by atoms with Gasteiger partial charge in [0.05, 0.1) is 6.61 Å². The summed E-state index contributed by atoms with van der Waals surface area (Å²) >= 11 is 0. The highest BCUT2D eigenvalue weighted by Crippen LogP contribution is 1.99. The molecule has 0 spiro atoms.